The highest BCUT2D eigenvalue weighted by molar-refractivity contribution is 6.52. The third kappa shape index (κ3) is 2.34. The summed E-state index contributed by atoms with van der Waals surface area (Å²) in [6.45, 7) is 0. The zero-order valence-electron chi connectivity index (χ0n) is 5.92. The quantitative estimate of drug-likeness (QED) is 0.362. The van der Waals surface area contributed by atoms with E-state index in [1.165, 1.54) is 6.07 Å². The average molecular weight is 282 g/mol. The van der Waals surface area contributed by atoms with Crippen molar-refractivity contribution in [3.8, 4) is 0 Å². The molecule has 1 unspecified atom stereocenters. The molecule has 0 aliphatic heterocycles. The van der Waals surface area contributed by atoms with E-state index in [0.29, 0.717) is 0 Å². The molecule has 0 saturated heterocycles. The van der Waals surface area contributed by atoms with Crippen molar-refractivity contribution in [3.05, 3.63) is 31.7 Å². The van der Waals surface area contributed by atoms with Crippen molar-refractivity contribution in [1.82, 2.24) is 0 Å². The average Bonchev–Trinajstić information content (AvgIpc) is 2.07. The molecule has 0 heterocycles. The Labute approximate surface area is 99.5 Å². The van der Waals surface area contributed by atoms with E-state index in [9.17, 15) is 4.39 Å². The Bertz CT molecular complexity index is 336. The highest BCUT2D eigenvalue weighted by atomic mass is 35.5. The summed E-state index contributed by atoms with van der Waals surface area (Å²) in [7, 11) is 0. The van der Waals surface area contributed by atoms with E-state index >= 15 is 0 Å². The molecule has 0 N–H and O–H groups in total. The van der Waals surface area contributed by atoms with Gasteiger partial charge in [0.25, 0.3) is 0 Å². The summed E-state index contributed by atoms with van der Waals surface area (Å²) in [5.74, 6) is 0. The summed E-state index contributed by atoms with van der Waals surface area (Å²) in [6.07, 6.45) is 0. The van der Waals surface area contributed by atoms with Crippen molar-refractivity contribution in [2.45, 2.75) is 5.63 Å². The molecular formula is C7H2Cl5F. The van der Waals surface area contributed by atoms with E-state index < -0.39 is 5.63 Å². The van der Waals surface area contributed by atoms with Crippen LogP contribution in [0.2, 0.25) is 20.1 Å². The number of hydrogen-bond donors (Lipinski definition) is 0. The van der Waals surface area contributed by atoms with Crippen molar-refractivity contribution >= 4 is 58.0 Å². The normalized spacial score (nSPS) is 13.1. The van der Waals surface area contributed by atoms with E-state index in [0.717, 1.165) is 0 Å². The van der Waals surface area contributed by atoms with Crippen LogP contribution in [0.25, 0.3) is 0 Å². The highest BCUT2D eigenvalue weighted by Gasteiger charge is 2.17. The number of rotatable bonds is 1. The lowest BCUT2D eigenvalue weighted by atomic mass is 10.2. The fraction of sp³-hybridized carbons (Fsp3) is 0.143. The molecule has 0 bridgehead atoms. The predicted octanol–water partition coefficient (Wildman–Crippen LogP) is 5.51. The van der Waals surface area contributed by atoms with Crippen molar-refractivity contribution < 1.29 is 4.39 Å². The number of alkyl halides is 2. The van der Waals surface area contributed by atoms with Gasteiger partial charge >= 0.3 is 0 Å². The minimum Gasteiger partial charge on any atom is -0.225 e. The van der Waals surface area contributed by atoms with Gasteiger partial charge in [0.05, 0.1) is 20.1 Å². The third-order valence-electron chi connectivity index (χ3n) is 1.37. The zero-order chi connectivity index (χ0) is 10.2. The highest BCUT2D eigenvalue weighted by Crippen LogP contribution is 2.41. The fourth-order valence-corrected chi connectivity index (χ4v) is 1.89. The van der Waals surface area contributed by atoms with Gasteiger partial charge < -0.3 is 0 Å². The van der Waals surface area contributed by atoms with E-state index in [2.05, 4.69) is 0 Å². The fourth-order valence-electron chi connectivity index (χ4n) is 0.750. The molecule has 0 aliphatic rings. The van der Waals surface area contributed by atoms with Gasteiger partial charge in [-0.1, -0.05) is 58.0 Å². The SMILES string of the molecule is FC(Cl)c1cc(Cl)c(Cl)c(Cl)c1Cl. The topological polar surface area (TPSA) is 0 Å². The molecule has 72 valence electrons. The molecule has 0 spiro atoms. The maximum atomic E-state index is 12.7. The molecule has 0 radical (unpaired) electrons. The van der Waals surface area contributed by atoms with Crippen molar-refractivity contribution in [2.24, 2.45) is 0 Å². The predicted molar refractivity (Wildman–Crippen MR) is 56.2 cm³/mol. The number of halogens is 6. The first-order chi connectivity index (χ1) is 5.95. The molecule has 1 rings (SSSR count). The minimum absolute atomic E-state index is 0.00846. The van der Waals surface area contributed by atoms with Crippen molar-refractivity contribution in [3.63, 3.8) is 0 Å². The maximum absolute atomic E-state index is 12.7. The summed E-state index contributed by atoms with van der Waals surface area (Å²) < 4.78 is 12.7. The molecule has 0 fully saturated rings. The first-order valence-electron chi connectivity index (χ1n) is 3.06. The Morgan fingerprint density at radius 3 is 2.00 bits per heavy atom. The molecule has 1 aromatic rings. The zero-order valence-corrected chi connectivity index (χ0v) is 9.70. The first kappa shape index (κ1) is 11.7. The van der Waals surface area contributed by atoms with Crippen LogP contribution in [0.1, 0.15) is 11.2 Å². The molecule has 6 heteroatoms. The van der Waals surface area contributed by atoms with Gasteiger partial charge in [-0.05, 0) is 6.07 Å². The molecule has 13 heavy (non-hydrogen) atoms. The molecule has 0 aromatic heterocycles. The smallest absolute Gasteiger partial charge is 0.200 e. The standard InChI is InChI=1S/C7H2Cl5F/c8-3-1-2(7(12)13)4(9)6(11)5(3)10/h1,7H. The number of hydrogen-bond acceptors (Lipinski definition) is 0. The molecule has 1 aromatic carbocycles. The lowest BCUT2D eigenvalue weighted by Gasteiger charge is -2.08. The third-order valence-corrected chi connectivity index (χ3v) is 3.37. The molecule has 0 amide bonds. The Morgan fingerprint density at radius 2 is 1.54 bits per heavy atom. The van der Waals surface area contributed by atoms with Crippen molar-refractivity contribution in [2.75, 3.05) is 0 Å². The molecular weight excluding hydrogens is 280 g/mol. The van der Waals surface area contributed by atoms with Gasteiger partial charge in [0.15, 0.2) is 5.63 Å². The van der Waals surface area contributed by atoms with Gasteiger partial charge in [-0.15, -0.1) is 0 Å². The van der Waals surface area contributed by atoms with Crippen LogP contribution in [0.4, 0.5) is 4.39 Å². The monoisotopic (exact) mass is 280 g/mol. The Morgan fingerprint density at radius 1 is 1.00 bits per heavy atom. The summed E-state index contributed by atoms with van der Waals surface area (Å²) in [4.78, 5) is 0. The molecule has 0 saturated carbocycles. The molecule has 1 atom stereocenters. The lowest BCUT2D eigenvalue weighted by Crippen LogP contribution is -1.87. The van der Waals surface area contributed by atoms with Crippen LogP contribution in [-0.2, 0) is 0 Å². The van der Waals surface area contributed by atoms with Gasteiger partial charge in [-0.3, -0.25) is 0 Å². The summed E-state index contributed by atoms with van der Waals surface area (Å²) in [6, 6.07) is 1.25. The van der Waals surface area contributed by atoms with Gasteiger partial charge in [-0.2, -0.15) is 0 Å². The van der Waals surface area contributed by atoms with E-state index in [1.54, 1.807) is 0 Å². The van der Waals surface area contributed by atoms with E-state index in [4.69, 9.17) is 58.0 Å². The second-order valence-corrected chi connectivity index (χ2v) is 4.11. The Kier molecular flexibility index (Phi) is 3.96. The van der Waals surface area contributed by atoms with Gasteiger partial charge in [0, 0.05) is 5.56 Å². The summed E-state index contributed by atoms with van der Waals surface area (Å²) >= 11 is 27.8. The summed E-state index contributed by atoms with van der Waals surface area (Å²) in [5, 5.41) is 0.205. The molecule has 0 nitrogen and oxygen atoms in total. The van der Waals surface area contributed by atoms with Crippen LogP contribution < -0.4 is 0 Å². The number of benzene rings is 1. The van der Waals surface area contributed by atoms with Gasteiger partial charge in [-0.25, -0.2) is 4.39 Å². The second-order valence-electron chi connectivity index (χ2n) is 2.19. The van der Waals surface area contributed by atoms with Crippen LogP contribution >= 0.6 is 58.0 Å². The first-order valence-corrected chi connectivity index (χ1v) is 5.01. The largest absolute Gasteiger partial charge is 0.225 e. The van der Waals surface area contributed by atoms with Crippen LogP contribution in [0.5, 0.6) is 0 Å². The van der Waals surface area contributed by atoms with E-state index in [-0.39, 0.29) is 25.7 Å². The van der Waals surface area contributed by atoms with E-state index in [1.807, 2.05) is 0 Å². The van der Waals surface area contributed by atoms with Crippen LogP contribution in [-0.4, -0.2) is 0 Å². The lowest BCUT2D eigenvalue weighted by molar-refractivity contribution is 0.461. The molecule has 0 aliphatic carbocycles. The van der Waals surface area contributed by atoms with Gasteiger partial charge in [0.1, 0.15) is 0 Å². The van der Waals surface area contributed by atoms with Crippen LogP contribution in [0, 0.1) is 0 Å². The maximum Gasteiger partial charge on any atom is 0.200 e. The Hall–Kier alpha value is 0.600. The van der Waals surface area contributed by atoms with Crippen LogP contribution in [0.15, 0.2) is 6.07 Å². The second kappa shape index (κ2) is 4.41. The Balaban J connectivity index is 3.41. The van der Waals surface area contributed by atoms with Crippen LogP contribution in [0.3, 0.4) is 0 Å². The van der Waals surface area contributed by atoms with Gasteiger partial charge in [0.2, 0.25) is 0 Å². The minimum atomic E-state index is -1.75. The van der Waals surface area contributed by atoms with Crippen molar-refractivity contribution in [1.29, 1.82) is 0 Å². The summed E-state index contributed by atoms with van der Waals surface area (Å²) in [5.41, 5.74) is -1.73.